The van der Waals surface area contributed by atoms with Gasteiger partial charge < -0.3 is 35.3 Å². The molecule has 0 aliphatic heterocycles. The molecule has 0 bridgehead atoms. The summed E-state index contributed by atoms with van der Waals surface area (Å²) in [5.74, 6) is -6.48. The SMILES string of the molecule is O=C(Nc1ccccc1)c1cc(C(=O)Nc2ccc(N=Nc3cc(S(=O)(=O)O)c4cc(SO)cc(S(=O)(=O)O)c4c3)cc2C(=O)O)cc(C(=O)Nc2ccc(N=Nc3cc(S(=O)(=O)O)c4cc(S(=O)O)cc(S(=O)(=O)O)c4c3)cc2C(=O)O)c1. The molecular weight excluding hydrogens is 1230 g/mol. The molecule has 84 heavy (non-hydrogen) atoms. The second-order valence-electron chi connectivity index (χ2n) is 17.2. The van der Waals surface area contributed by atoms with E-state index in [9.17, 15) is 99.4 Å². The Morgan fingerprint density at radius 3 is 1.19 bits per heavy atom. The summed E-state index contributed by atoms with van der Waals surface area (Å²) in [5, 5.41) is 40.9. The molecule has 35 heteroatoms. The number of hydrogen-bond acceptors (Lipinski definition) is 20. The number of aromatic carboxylic acids is 2. The Morgan fingerprint density at radius 2 is 0.798 bits per heavy atom. The fourth-order valence-electron chi connectivity index (χ4n) is 7.96. The van der Waals surface area contributed by atoms with Crippen LogP contribution < -0.4 is 16.0 Å². The summed E-state index contributed by atoms with van der Waals surface area (Å²) in [6.45, 7) is 0. The molecule has 8 aromatic rings. The summed E-state index contributed by atoms with van der Waals surface area (Å²) in [5.41, 5.74) is -4.65. The second-order valence-corrected chi connectivity index (χ2v) is 24.3. The van der Waals surface area contributed by atoms with Crippen LogP contribution in [0.5, 0.6) is 0 Å². The van der Waals surface area contributed by atoms with Gasteiger partial charge in [0, 0.05) is 60.9 Å². The number of azo groups is 2. The van der Waals surface area contributed by atoms with Crippen LogP contribution in [-0.2, 0) is 51.6 Å². The Kier molecular flexibility index (Phi) is 17.2. The van der Waals surface area contributed by atoms with Gasteiger partial charge in [-0.15, -0.1) is 0 Å². The van der Waals surface area contributed by atoms with Gasteiger partial charge in [0.2, 0.25) is 0 Å². The zero-order valence-corrected chi connectivity index (χ0v) is 46.1. The first-order valence-electron chi connectivity index (χ1n) is 22.6. The fourth-order valence-corrected chi connectivity index (χ4v) is 11.8. The minimum atomic E-state index is -5.26. The molecular formula is C49H33N7O22S6. The van der Waals surface area contributed by atoms with Crippen LogP contribution in [0.15, 0.2) is 183 Å². The van der Waals surface area contributed by atoms with Crippen LogP contribution >= 0.6 is 12.0 Å². The van der Waals surface area contributed by atoms with Gasteiger partial charge in [-0.3, -0.25) is 32.6 Å². The monoisotopic (exact) mass is 1260 g/mol. The lowest BCUT2D eigenvalue weighted by molar-refractivity contribution is 0.0687. The van der Waals surface area contributed by atoms with E-state index >= 15 is 0 Å². The third-order valence-electron chi connectivity index (χ3n) is 11.6. The van der Waals surface area contributed by atoms with E-state index in [1.165, 1.54) is 12.1 Å². The Morgan fingerprint density at radius 1 is 0.429 bits per heavy atom. The number of carbonyl (C=O) groups excluding carboxylic acids is 3. The first kappa shape index (κ1) is 61.0. The quantitative estimate of drug-likeness (QED) is 0.0165. The van der Waals surface area contributed by atoms with E-state index in [2.05, 4.69) is 36.4 Å². The predicted octanol–water partition coefficient (Wildman–Crippen LogP) is 9.11. The molecule has 0 radical (unpaired) electrons. The van der Waals surface area contributed by atoms with Crippen molar-refractivity contribution in [1.82, 2.24) is 0 Å². The molecule has 0 spiro atoms. The first-order chi connectivity index (χ1) is 39.3. The molecule has 8 aromatic carbocycles. The van der Waals surface area contributed by atoms with E-state index in [1.807, 2.05) is 0 Å². The van der Waals surface area contributed by atoms with Crippen molar-refractivity contribution in [1.29, 1.82) is 0 Å². The zero-order valence-electron chi connectivity index (χ0n) is 41.2. The van der Waals surface area contributed by atoms with Crippen LogP contribution in [0.3, 0.4) is 0 Å². The average molecular weight is 1260 g/mol. The van der Waals surface area contributed by atoms with Crippen molar-refractivity contribution in [2.75, 3.05) is 16.0 Å². The van der Waals surface area contributed by atoms with Gasteiger partial charge in [0.1, 0.15) is 19.6 Å². The number of nitrogens with zero attached hydrogens (tertiary/aromatic N) is 4. The van der Waals surface area contributed by atoms with Gasteiger partial charge in [0.25, 0.3) is 58.2 Å². The maximum Gasteiger partial charge on any atom is 0.337 e. The minimum absolute atomic E-state index is 0.00257. The molecule has 29 nitrogen and oxygen atoms in total. The minimum Gasteiger partial charge on any atom is -0.478 e. The van der Waals surface area contributed by atoms with Gasteiger partial charge in [0.15, 0.2) is 11.1 Å². The maximum atomic E-state index is 14.0. The first-order valence-corrected chi connectivity index (χ1v) is 30.2. The summed E-state index contributed by atoms with van der Waals surface area (Å²) >= 11 is -2.91. The van der Waals surface area contributed by atoms with Crippen molar-refractivity contribution >= 4 is 155 Å². The number of benzene rings is 8. The molecule has 0 heterocycles. The van der Waals surface area contributed by atoms with Crippen molar-refractivity contribution < 1.29 is 99.4 Å². The van der Waals surface area contributed by atoms with Crippen LogP contribution in [-0.4, -0.2) is 105 Å². The van der Waals surface area contributed by atoms with Crippen molar-refractivity contribution in [3.05, 3.63) is 161 Å². The van der Waals surface area contributed by atoms with Crippen LogP contribution in [0.1, 0.15) is 51.8 Å². The Hall–Kier alpha value is -9.11. The second kappa shape index (κ2) is 23.6. The molecule has 8 rings (SSSR count). The van der Waals surface area contributed by atoms with Crippen LogP contribution in [0.2, 0.25) is 0 Å². The fraction of sp³-hybridized carbons (Fsp3) is 0. The third kappa shape index (κ3) is 13.9. The smallest absolute Gasteiger partial charge is 0.337 e. The predicted molar refractivity (Wildman–Crippen MR) is 297 cm³/mol. The topological polar surface area (TPSA) is 486 Å². The molecule has 0 aromatic heterocycles. The van der Waals surface area contributed by atoms with Gasteiger partial charge in [-0.05, 0) is 115 Å². The van der Waals surface area contributed by atoms with Crippen LogP contribution in [0.4, 0.5) is 39.8 Å². The molecule has 0 fully saturated rings. The number of amides is 3. The average Bonchev–Trinajstić information content (AvgIpc) is 1.83. The molecule has 1 atom stereocenters. The number of rotatable bonds is 18. The van der Waals surface area contributed by atoms with Gasteiger partial charge in [0.05, 0.1) is 50.1 Å². The van der Waals surface area contributed by atoms with Gasteiger partial charge in [-0.1, -0.05) is 18.2 Å². The largest absolute Gasteiger partial charge is 0.478 e. The lowest BCUT2D eigenvalue weighted by atomic mass is 10.0. The van der Waals surface area contributed by atoms with Gasteiger partial charge in [-0.2, -0.15) is 54.1 Å². The van der Waals surface area contributed by atoms with Crippen molar-refractivity contribution in [2.45, 2.75) is 29.4 Å². The number of para-hydroxylation sites is 1. The van der Waals surface area contributed by atoms with E-state index < -0.39 is 172 Å². The van der Waals surface area contributed by atoms with E-state index in [4.69, 9.17) is 0 Å². The molecule has 0 saturated heterocycles. The van der Waals surface area contributed by atoms with E-state index in [0.717, 1.165) is 91.0 Å². The highest BCUT2D eigenvalue weighted by molar-refractivity contribution is 7.94. The van der Waals surface area contributed by atoms with Crippen molar-refractivity contribution in [3.63, 3.8) is 0 Å². The number of nitrogens with one attached hydrogen (secondary N) is 3. The zero-order chi connectivity index (χ0) is 61.4. The summed E-state index contributed by atoms with van der Waals surface area (Å²) in [7, 11) is -20.8. The van der Waals surface area contributed by atoms with E-state index in [-0.39, 0.29) is 39.6 Å². The highest BCUT2D eigenvalue weighted by Crippen LogP contribution is 2.39. The Balaban J connectivity index is 1.11. The number of anilines is 3. The standard InChI is InChI=1S/C49H33N7O22S6/c57-45(50-26-4-2-1-3-5-26)23-10-24(46(58)51-39-8-6-27(13-37(39)48(60)61)53-55-29-15-33-35(41(17-29)81(67,68)69)19-31(79-64)20-43(33)83(73,74)75)12-25(11-23)47(59)52-40-9-7-28(14-38(40)49(62)63)54-56-30-16-34-36(42(18-30)82(70,71)72)21-32(80(65)66)22-44(34)84(76,77)78/h1-22,64H,(H,50,57)(H,51,58)(H,52,59)(H,60,61)(H,62,63)(H,65,66)(H,67,68,69)(H,70,71,72)(H,73,74,75)(H,76,77,78). The van der Waals surface area contributed by atoms with Gasteiger partial charge >= 0.3 is 11.9 Å². The summed E-state index contributed by atoms with van der Waals surface area (Å²) in [4.78, 5) is 62.1. The number of fused-ring (bicyclic) bond motifs is 2. The number of carboxylic acid groups (broad SMARTS) is 2. The number of carboxylic acids is 2. The molecule has 1 unspecified atom stereocenters. The molecule has 0 aliphatic rings. The van der Waals surface area contributed by atoms with Crippen molar-refractivity contribution in [3.8, 4) is 0 Å². The van der Waals surface area contributed by atoms with E-state index in [0.29, 0.717) is 12.1 Å². The van der Waals surface area contributed by atoms with Crippen molar-refractivity contribution in [2.24, 2.45) is 20.5 Å². The molecule has 0 aliphatic carbocycles. The summed E-state index contributed by atoms with van der Waals surface area (Å²) < 4.78 is 170. The van der Waals surface area contributed by atoms with Crippen LogP contribution in [0, 0.1) is 0 Å². The normalized spacial score (nSPS) is 12.6. The number of hydrogen-bond donors (Lipinski definition) is 11. The summed E-state index contributed by atoms with van der Waals surface area (Å²) in [6.07, 6.45) is 0. The van der Waals surface area contributed by atoms with Crippen LogP contribution in [0.25, 0.3) is 21.5 Å². The molecule has 3 amide bonds. The molecule has 0 saturated carbocycles. The molecule has 11 N–H and O–H groups in total. The number of carbonyl (C=O) groups is 5. The molecule has 432 valence electrons. The Bertz CT molecular complexity index is 4740. The highest BCUT2D eigenvalue weighted by Gasteiger charge is 2.27. The van der Waals surface area contributed by atoms with Gasteiger partial charge in [-0.25, -0.2) is 13.8 Å². The maximum absolute atomic E-state index is 14.0. The van der Waals surface area contributed by atoms with E-state index in [1.54, 1.807) is 18.2 Å². The summed E-state index contributed by atoms with van der Waals surface area (Å²) in [6, 6.07) is 23.3. The lowest BCUT2D eigenvalue weighted by Crippen LogP contribution is -2.20. The Labute approximate surface area is 478 Å². The lowest BCUT2D eigenvalue weighted by Gasteiger charge is -2.13. The third-order valence-corrected chi connectivity index (χ3v) is 16.3. The highest BCUT2D eigenvalue weighted by atomic mass is 32.2.